The summed E-state index contributed by atoms with van der Waals surface area (Å²) in [4.78, 5) is 0. The minimum atomic E-state index is 0.122. The normalized spacial score (nSPS) is 48.0. The molecule has 0 aromatic carbocycles. The van der Waals surface area contributed by atoms with E-state index in [4.69, 9.17) is 0 Å². The molecule has 0 spiro atoms. The Morgan fingerprint density at radius 1 is 1.06 bits per heavy atom. The van der Waals surface area contributed by atoms with Crippen molar-refractivity contribution in [3.63, 3.8) is 0 Å². The molecule has 1 heterocycles. The third-order valence-corrected chi connectivity index (χ3v) is 6.18. The molecule has 2 aliphatic rings. The maximum absolute atomic E-state index is 3.89. The number of fused-ring (bicyclic) bond motifs is 2. The Labute approximate surface area is 120 Å². The predicted octanol–water partition coefficient (Wildman–Crippen LogP) is 3.65. The molecule has 4 unspecified atom stereocenters. The average Bonchev–Trinajstić information content (AvgIpc) is 2.37. The highest BCUT2D eigenvalue weighted by Gasteiger charge is 2.47. The van der Waals surface area contributed by atoms with Crippen LogP contribution in [0.15, 0.2) is 0 Å². The number of alkyl halides is 1. The minimum absolute atomic E-state index is 0.122. The van der Waals surface area contributed by atoms with E-state index in [1.807, 2.05) is 0 Å². The van der Waals surface area contributed by atoms with Crippen LogP contribution in [0.25, 0.3) is 0 Å². The molecule has 0 radical (unpaired) electrons. The van der Waals surface area contributed by atoms with E-state index in [-0.39, 0.29) is 9.21 Å². The maximum atomic E-state index is 3.89. The second-order valence-corrected chi connectivity index (χ2v) is 8.51. The molecule has 3 heteroatoms. The summed E-state index contributed by atoms with van der Waals surface area (Å²) in [5.74, 6) is 1.63. The second-order valence-electron chi connectivity index (χ2n) is 6.27. The summed E-state index contributed by atoms with van der Waals surface area (Å²) in [5.41, 5.74) is 0.122. The van der Waals surface area contributed by atoms with Gasteiger partial charge in [-0.05, 0) is 52.0 Å². The van der Waals surface area contributed by atoms with Gasteiger partial charge in [0.2, 0.25) is 0 Å². The van der Waals surface area contributed by atoms with Crippen molar-refractivity contribution < 1.29 is 0 Å². The van der Waals surface area contributed by atoms with Gasteiger partial charge in [0.1, 0.15) is 0 Å². The molecular weight excluding hydrogens is 323 g/mol. The molecule has 2 N–H and O–H groups in total. The van der Waals surface area contributed by atoms with Crippen molar-refractivity contribution in [1.82, 2.24) is 10.6 Å². The van der Waals surface area contributed by atoms with Crippen LogP contribution < -0.4 is 10.6 Å². The lowest BCUT2D eigenvalue weighted by atomic mass is 9.74. The van der Waals surface area contributed by atoms with Crippen LogP contribution in [0.3, 0.4) is 0 Å². The van der Waals surface area contributed by atoms with Gasteiger partial charge in [0.15, 0.2) is 0 Å². The van der Waals surface area contributed by atoms with Gasteiger partial charge >= 0.3 is 0 Å². The highest BCUT2D eigenvalue weighted by atomic mass is 127. The zero-order valence-electron chi connectivity index (χ0n) is 11.5. The third-order valence-electron chi connectivity index (χ3n) is 5.03. The fourth-order valence-corrected chi connectivity index (χ4v) is 4.84. The van der Waals surface area contributed by atoms with Crippen molar-refractivity contribution in [2.45, 2.75) is 68.0 Å². The van der Waals surface area contributed by atoms with Crippen molar-refractivity contribution in [3.8, 4) is 0 Å². The molecule has 2 rings (SSSR count). The first-order chi connectivity index (χ1) is 7.98. The first-order valence-electron chi connectivity index (χ1n) is 7.15. The van der Waals surface area contributed by atoms with Gasteiger partial charge in [0.25, 0.3) is 0 Å². The highest BCUT2D eigenvalue weighted by molar-refractivity contribution is 14.1. The summed E-state index contributed by atoms with van der Waals surface area (Å²) in [7, 11) is 2.10. The second kappa shape index (κ2) is 5.33. The lowest BCUT2D eigenvalue weighted by molar-refractivity contribution is 0.0596. The fraction of sp³-hybridized carbons (Fsp3) is 1.00. The predicted molar refractivity (Wildman–Crippen MR) is 82.3 cm³/mol. The minimum Gasteiger partial charge on any atom is -0.302 e. The van der Waals surface area contributed by atoms with E-state index in [2.05, 4.69) is 54.1 Å². The van der Waals surface area contributed by atoms with Gasteiger partial charge in [-0.2, -0.15) is 0 Å². The van der Waals surface area contributed by atoms with Crippen LogP contribution >= 0.6 is 22.6 Å². The van der Waals surface area contributed by atoms with Crippen LogP contribution in [0.1, 0.15) is 58.8 Å². The molecule has 2 bridgehead atoms. The lowest BCUT2D eigenvalue weighted by Gasteiger charge is -2.52. The molecule has 0 aromatic heterocycles. The molecule has 17 heavy (non-hydrogen) atoms. The van der Waals surface area contributed by atoms with Gasteiger partial charge < -0.3 is 5.32 Å². The van der Waals surface area contributed by atoms with Gasteiger partial charge in [0.05, 0.1) is 9.21 Å². The average molecular weight is 350 g/mol. The van der Waals surface area contributed by atoms with Crippen molar-refractivity contribution >= 4 is 22.6 Å². The molecule has 1 aliphatic heterocycles. The Morgan fingerprint density at radius 2 is 1.65 bits per heavy atom. The molecule has 2 nitrogen and oxygen atoms in total. The topological polar surface area (TPSA) is 24.1 Å². The number of halogens is 1. The number of nitrogens with one attached hydrogen (secondary N) is 2. The van der Waals surface area contributed by atoms with Crippen LogP contribution in [-0.4, -0.2) is 16.3 Å². The van der Waals surface area contributed by atoms with Gasteiger partial charge in [-0.15, -0.1) is 0 Å². The summed E-state index contributed by atoms with van der Waals surface area (Å²) in [6.07, 6.45) is 9.88. The van der Waals surface area contributed by atoms with E-state index in [1.54, 1.807) is 0 Å². The van der Waals surface area contributed by atoms with Gasteiger partial charge in [-0.25, -0.2) is 0 Å². The first-order valence-corrected chi connectivity index (χ1v) is 8.23. The zero-order chi connectivity index (χ0) is 12.5. The quantitative estimate of drug-likeness (QED) is 0.429. The molecule has 1 saturated heterocycles. The standard InChI is InChI=1S/C14H27IN2/c1-13(15)11-8-6-4-5-7-9-12(10-11)14(2,16-3)17-13/h11-12,16-17H,4-10H2,1-3H3. The number of piperidine rings is 1. The Morgan fingerprint density at radius 3 is 2.24 bits per heavy atom. The number of hydrogen-bond donors (Lipinski definition) is 2. The van der Waals surface area contributed by atoms with Crippen LogP contribution in [-0.2, 0) is 0 Å². The van der Waals surface area contributed by atoms with E-state index in [1.165, 1.54) is 44.9 Å². The smallest absolute Gasteiger partial charge is 0.0719 e. The molecule has 1 saturated carbocycles. The van der Waals surface area contributed by atoms with Crippen molar-refractivity contribution in [2.75, 3.05) is 7.05 Å². The van der Waals surface area contributed by atoms with Gasteiger partial charge in [-0.1, -0.05) is 48.3 Å². The summed E-state index contributed by atoms with van der Waals surface area (Å²) in [6.45, 7) is 4.73. The monoisotopic (exact) mass is 350 g/mol. The van der Waals surface area contributed by atoms with E-state index in [0.717, 1.165) is 11.8 Å². The van der Waals surface area contributed by atoms with Crippen molar-refractivity contribution in [2.24, 2.45) is 11.8 Å². The van der Waals surface area contributed by atoms with Crippen LogP contribution in [0.2, 0.25) is 0 Å². The summed E-state index contributed by atoms with van der Waals surface area (Å²) < 4.78 is 0.246. The van der Waals surface area contributed by atoms with Crippen LogP contribution in [0.5, 0.6) is 0 Å². The van der Waals surface area contributed by atoms with E-state index < -0.39 is 0 Å². The van der Waals surface area contributed by atoms with E-state index >= 15 is 0 Å². The SMILES string of the molecule is CNC1(C)NC(C)(I)C2CCCCCCC1C2. The van der Waals surface area contributed by atoms with Crippen molar-refractivity contribution in [1.29, 1.82) is 0 Å². The Balaban J connectivity index is 2.20. The molecule has 0 amide bonds. The molecule has 2 fully saturated rings. The van der Waals surface area contributed by atoms with Crippen LogP contribution in [0.4, 0.5) is 0 Å². The summed E-state index contributed by atoms with van der Waals surface area (Å²) >= 11 is 2.64. The molecule has 4 atom stereocenters. The van der Waals surface area contributed by atoms with Gasteiger partial charge in [0, 0.05) is 0 Å². The fourth-order valence-electron chi connectivity index (χ4n) is 3.71. The van der Waals surface area contributed by atoms with Crippen LogP contribution in [0, 0.1) is 11.8 Å². The molecule has 1 aliphatic carbocycles. The number of rotatable bonds is 1. The number of hydrogen-bond acceptors (Lipinski definition) is 2. The maximum Gasteiger partial charge on any atom is 0.0719 e. The Bertz CT molecular complexity index is 267. The molecule has 100 valence electrons. The Hall–Kier alpha value is 0.650. The van der Waals surface area contributed by atoms with Crippen molar-refractivity contribution in [3.05, 3.63) is 0 Å². The Kier molecular flexibility index (Phi) is 4.41. The third kappa shape index (κ3) is 2.98. The van der Waals surface area contributed by atoms with Gasteiger partial charge in [-0.3, -0.25) is 5.32 Å². The molecule has 0 aromatic rings. The van der Waals surface area contributed by atoms with E-state index in [0.29, 0.717) is 0 Å². The molecular formula is C14H27IN2. The summed E-state index contributed by atoms with van der Waals surface area (Å²) in [5, 5.41) is 7.44. The first kappa shape index (κ1) is 14.1. The zero-order valence-corrected chi connectivity index (χ0v) is 13.6. The highest BCUT2D eigenvalue weighted by Crippen LogP contribution is 2.45. The largest absolute Gasteiger partial charge is 0.302 e. The summed E-state index contributed by atoms with van der Waals surface area (Å²) in [6, 6.07) is 0. The van der Waals surface area contributed by atoms with E-state index in [9.17, 15) is 0 Å². The lowest BCUT2D eigenvalue weighted by Crippen LogP contribution is -2.69.